The molecule has 0 aliphatic carbocycles. The molecule has 0 aromatic carbocycles. The topological polar surface area (TPSA) is 49.8 Å². The van der Waals surface area contributed by atoms with Gasteiger partial charge in [-0.1, -0.05) is 20.8 Å². The predicted octanol–water partition coefficient (Wildman–Crippen LogP) is 3.02. The third-order valence-corrected chi connectivity index (χ3v) is 6.60. The number of guanidine groups is 1. The van der Waals surface area contributed by atoms with Gasteiger partial charge in [-0.25, -0.2) is 9.98 Å². The highest BCUT2D eigenvalue weighted by Crippen LogP contribution is 2.47. The summed E-state index contributed by atoms with van der Waals surface area (Å²) in [6.07, 6.45) is 3.50. The molecule has 3 aliphatic heterocycles. The summed E-state index contributed by atoms with van der Waals surface area (Å²) >= 11 is 1.72. The number of aliphatic imine (C=N–C) groups is 1. The van der Waals surface area contributed by atoms with Crippen LogP contribution in [0.1, 0.15) is 51.2 Å². The quantitative estimate of drug-likeness (QED) is 0.663. The Hall–Kier alpha value is -1.14. The molecule has 1 aromatic heterocycles. The predicted molar refractivity (Wildman–Crippen MR) is 102 cm³/mol. The van der Waals surface area contributed by atoms with E-state index in [1.54, 1.807) is 11.3 Å². The van der Waals surface area contributed by atoms with Crippen molar-refractivity contribution < 1.29 is 4.74 Å². The maximum atomic E-state index is 6.10. The third-order valence-electron chi connectivity index (χ3n) is 5.77. The molecular weight excluding hydrogens is 332 g/mol. The van der Waals surface area contributed by atoms with Gasteiger partial charge < -0.3 is 15.0 Å². The van der Waals surface area contributed by atoms with E-state index in [1.165, 1.54) is 12.8 Å². The highest BCUT2D eigenvalue weighted by atomic mass is 32.1. The van der Waals surface area contributed by atoms with Gasteiger partial charge in [-0.3, -0.25) is 0 Å². The van der Waals surface area contributed by atoms with Crippen LogP contribution in [0.3, 0.4) is 0 Å². The molecule has 3 fully saturated rings. The number of ether oxygens (including phenoxy) is 1. The summed E-state index contributed by atoms with van der Waals surface area (Å²) in [4.78, 5) is 12.1. The first-order valence-electron chi connectivity index (χ1n) is 9.59. The zero-order valence-electron chi connectivity index (χ0n) is 15.8. The number of nitrogens with one attached hydrogen (secondary N) is 1. The monoisotopic (exact) mass is 362 g/mol. The number of likely N-dealkylation sites (tertiary alicyclic amines) is 1. The van der Waals surface area contributed by atoms with E-state index in [0.717, 1.165) is 36.3 Å². The van der Waals surface area contributed by atoms with Gasteiger partial charge in [0.15, 0.2) is 5.96 Å². The average Bonchev–Trinajstić information content (AvgIpc) is 3.32. The Morgan fingerprint density at radius 2 is 2.00 bits per heavy atom. The number of fused-ring (bicyclic) bond motifs is 5. The Bertz CT molecular complexity index is 632. The molecule has 0 amide bonds. The van der Waals surface area contributed by atoms with E-state index < -0.39 is 0 Å². The summed E-state index contributed by atoms with van der Waals surface area (Å²) in [5.41, 5.74) is 1.27. The Kier molecular flexibility index (Phi) is 4.52. The summed E-state index contributed by atoms with van der Waals surface area (Å²) in [5, 5.41) is 6.76. The van der Waals surface area contributed by atoms with Crippen LogP contribution in [0.4, 0.5) is 0 Å². The molecule has 6 heteroatoms. The van der Waals surface area contributed by atoms with Crippen molar-refractivity contribution in [3.8, 4) is 0 Å². The zero-order chi connectivity index (χ0) is 17.6. The standard InChI is InChI=1S/C19H30N4OS/c1-5-20-18(21-8-17-22-16(11-25-17)19(2,3)4)23-9-12-13(10-23)15-7-6-14(12)24-15/h11-15H,5-10H2,1-4H3,(H,20,21). The van der Waals surface area contributed by atoms with Gasteiger partial charge >= 0.3 is 0 Å². The van der Waals surface area contributed by atoms with E-state index in [2.05, 4.69) is 43.3 Å². The molecule has 4 unspecified atom stereocenters. The number of thiazole rings is 1. The first-order valence-corrected chi connectivity index (χ1v) is 10.5. The molecule has 1 aromatic rings. The lowest BCUT2D eigenvalue weighted by Gasteiger charge is -2.23. The van der Waals surface area contributed by atoms with Crippen molar-refractivity contribution in [1.29, 1.82) is 0 Å². The third kappa shape index (κ3) is 3.31. The van der Waals surface area contributed by atoms with Gasteiger partial charge in [-0.15, -0.1) is 11.3 Å². The largest absolute Gasteiger partial charge is 0.374 e. The smallest absolute Gasteiger partial charge is 0.194 e. The van der Waals surface area contributed by atoms with Gasteiger partial charge in [0.05, 0.1) is 24.4 Å². The Labute approximate surface area is 154 Å². The number of hydrogen-bond donors (Lipinski definition) is 1. The summed E-state index contributed by atoms with van der Waals surface area (Å²) in [6, 6.07) is 0. The van der Waals surface area contributed by atoms with Crippen molar-refractivity contribution >= 4 is 17.3 Å². The molecule has 3 saturated heterocycles. The molecule has 4 heterocycles. The first-order chi connectivity index (χ1) is 12.0. The van der Waals surface area contributed by atoms with Crippen LogP contribution in [0.5, 0.6) is 0 Å². The fourth-order valence-corrected chi connectivity index (χ4v) is 5.37. The van der Waals surface area contributed by atoms with Gasteiger partial charge in [0.1, 0.15) is 5.01 Å². The Morgan fingerprint density at radius 1 is 1.32 bits per heavy atom. The van der Waals surface area contributed by atoms with E-state index >= 15 is 0 Å². The number of nitrogens with zero attached hydrogens (tertiary/aromatic N) is 3. The zero-order valence-corrected chi connectivity index (χ0v) is 16.6. The van der Waals surface area contributed by atoms with Crippen LogP contribution in [0, 0.1) is 11.8 Å². The minimum absolute atomic E-state index is 0.106. The minimum atomic E-state index is 0.106. The van der Waals surface area contributed by atoms with E-state index in [9.17, 15) is 0 Å². The van der Waals surface area contributed by atoms with E-state index in [1.807, 2.05) is 0 Å². The molecule has 0 radical (unpaired) electrons. The van der Waals surface area contributed by atoms with Crippen LogP contribution < -0.4 is 5.32 Å². The minimum Gasteiger partial charge on any atom is -0.374 e. The molecule has 0 saturated carbocycles. The highest BCUT2D eigenvalue weighted by Gasteiger charge is 2.53. The average molecular weight is 363 g/mol. The van der Waals surface area contributed by atoms with Crippen LogP contribution in [0.15, 0.2) is 10.4 Å². The van der Waals surface area contributed by atoms with E-state index in [-0.39, 0.29) is 5.41 Å². The van der Waals surface area contributed by atoms with Crippen LogP contribution in [0.25, 0.3) is 0 Å². The number of hydrogen-bond acceptors (Lipinski definition) is 4. The Balaban J connectivity index is 1.44. The van der Waals surface area contributed by atoms with Crippen molar-refractivity contribution in [2.75, 3.05) is 19.6 Å². The number of rotatable bonds is 3. The van der Waals surface area contributed by atoms with Crippen molar-refractivity contribution in [3.05, 3.63) is 16.1 Å². The fourth-order valence-electron chi connectivity index (χ4n) is 4.43. The van der Waals surface area contributed by atoms with Gasteiger partial charge in [0.25, 0.3) is 0 Å². The van der Waals surface area contributed by atoms with Gasteiger partial charge in [-0.2, -0.15) is 0 Å². The van der Waals surface area contributed by atoms with Crippen LogP contribution >= 0.6 is 11.3 Å². The van der Waals surface area contributed by atoms with Crippen molar-refractivity contribution in [2.24, 2.45) is 16.8 Å². The van der Waals surface area contributed by atoms with Crippen molar-refractivity contribution in [1.82, 2.24) is 15.2 Å². The van der Waals surface area contributed by atoms with Gasteiger partial charge in [-0.05, 0) is 19.8 Å². The van der Waals surface area contributed by atoms with Crippen molar-refractivity contribution in [3.63, 3.8) is 0 Å². The lowest BCUT2D eigenvalue weighted by atomic mass is 9.82. The summed E-state index contributed by atoms with van der Waals surface area (Å²) in [7, 11) is 0. The van der Waals surface area contributed by atoms with Crippen molar-refractivity contribution in [2.45, 2.75) is 64.7 Å². The maximum absolute atomic E-state index is 6.10. The maximum Gasteiger partial charge on any atom is 0.194 e. The van der Waals surface area contributed by atoms with Crippen LogP contribution in [-0.4, -0.2) is 47.7 Å². The first kappa shape index (κ1) is 17.3. The molecular formula is C19H30N4OS. The molecule has 1 N–H and O–H groups in total. The molecule has 4 atom stereocenters. The van der Waals surface area contributed by atoms with E-state index in [4.69, 9.17) is 14.7 Å². The second-order valence-corrected chi connectivity index (χ2v) is 9.51. The molecule has 3 aliphatic rings. The van der Waals surface area contributed by atoms with E-state index in [0.29, 0.717) is 30.6 Å². The normalized spacial score (nSPS) is 31.7. The number of aromatic nitrogens is 1. The lowest BCUT2D eigenvalue weighted by molar-refractivity contribution is 0.0767. The molecule has 4 rings (SSSR count). The lowest BCUT2D eigenvalue weighted by Crippen LogP contribution is -2.41. The molecule has 2 bridgehead atoms. The summed E-state index contributed by atoms with van der Waals surface area (Å²) < 4.78 is 6.10. The van der Waals surface area contributed by atoms with Gasteiger partial charge in [0, 0.05) is 42.3 Å². The molecule has 138 valence electrons. The highest BCUT2D eigenvalue weighted by molar-refractivity contribution is 7.09. The van der Waals surface area contributed by atoms with Crippen LogP contribution in [-0.2, 0) is 16.7 Å². The summed E-state index contributed by atoms with van der Waals surface area (Å²) in [5.74, 6) is 2.45. The molecule has 25 heavy (non-hydrogen) atoms. The Morgan fingerprint density at radius 3 is 2.56 bits per heavy atom. The van der Waals surface area contributed by atoms with Crippen LogP contribution in [0.2, 0.25) is 0 Å². The second-order valence-electron chi connectivity index (χ2n) is 8.57. The second kappa shape index (κ2) is 6.54. The van der Waals surface area contributed by atoms with Gasteiger partial charge in [0.2, 0.25) is 0 Å². The fraction of sp³-hybridized carbons (Fsp3) is 0.789. The SMILES string of the molecule is CCNC(=NCc1nc(C(C)(C)C)cs1)N1CC2C3CCC(O3)C2C1. The molecule has 0 spiro atoms. The molecule has 5 nitrogen and oxygen atoms in total. The summed E-state index contributed by atoms with van der Waals surface area (Å²) in [6.45, 7) is 12.5.